The zero-order valence-corrected chi connectivity index (χ0v) is 14.5. The van der Waals surface area contributed by atoms with Crippen LogP contribution in [0.2, 0.25) is 5.02 Å². The fourth-order valence-corrected chi connectivity index (χ4v) is 3.49. The second kappa shape index (κ2) is 6.73. The lowest BCUT2D eigenvalue weighted by molar-refractivity contribution is 0.0793. The second-order valence-electron chi connectivity index (χ2n) is 6.14. The molecule has 3 aromatic rings. The molecule has 2 heterocycles. The standard InChI is InChI=1S/C20H18ClN3O/c21-17-10-4-5-11-18(17)24-19(15-8-2-1-3-9-15)16(14-22-24)20(25)23-12-6-7-13-23/h1-5,8-11,14H,6-7,12-13H2. The highest BCUT2D eigenvalue weighted by Gasteiger charge is 2.26. The number of likely N-dealkylation sites (tertiary alicyclic amines) is 1. The van der Waals surface area contributed by atoms with Crippen molar-refractivity contribution in [3.05, 3.63) is 71.4 Å². The van der Waals surface area contributed by atoms with E-state index in [4.69, 9.17) is 11.6 Å². The van der Waals surface area contributed by atoms with E-state index in [0.29, 0.717) is 10.6 Å². The van der Waals surface area contributed by atoms with Crippen LogP contribution < -0.4 is 0 Å². The molecular weight excluding hydrogens is 334 g/mol. The number of para-hydroxylation sites is 1. The predicted molar refractivity (Wildman–Crippen MR) is 99.1 cm³/mol. The van der Waals surface area contributed by atoms with Crippen molar-refractivity contribution in [1.29, 1.82) is 0 Å². The Bertz CT molecular complexity index is 898. The molecule has 4 rings (SSSR count). The summed E-state index contributed by atoms with van der Waals surface area (Å²) in [6.07, 6.45) is 3.78. The summed E-state index contributed by atoms with van der Waals surface area (Å²) in [5, 5.41) is 5.10. The highest BCUT2D eigenvalue weighted by Crippen LogP contribution is 2.30. The molecular formula is C20H18ClN3O. The molecule has 4 nitrogen and oxygen atoms in total. The first-order valence-electron chi connectivity index (χ1n) is 8.43. The van der Waals surface area contributed by atoms with Crippen LogP contribution in [-0.2, 0) is 0 Å². The molecule has 25 heavy (non-hydrogen) atoms. The van der Waals surface area contributed by atoms with Gasteiger partial charge in [-0.1, -0.05) is 54.1 Å². The maximum absolute atomic E-state index is 13.0. The molecule has 2 aromatic carbocycles. The van der Waals surface area contributed by atoms with Crippen LogP contribution >= 0.6 is 11.6 Å². The van der Waals surface area contributed by atoms with Gasteiger partial charge in [-0.25, -0.2) is 4.68 Å². The smallest absolute Gasteiger partial charge is 0.257 e. The molecule has 1 saturated heterocycles. The molecule has 1 aliphatic rings. The summed E-state index contributed by atoms with van der Waals surface area (Å²) in [6, 6.07) is 17.4. The molecule has 0 unspecified atom stereocenters. The quantitative estimate of drug-likeness (QED) is 0.700. The topological polar surface area (TPSA) is 38.1 Å². The Hall–Kier alpha value is -2.59. The van der Waals surface area contributed by atoms with Crippen LogP contribution in [0.5, 0.6) is 0 Å². The number of benzene rings is 2. The lowest BCUT2D eigenvalue weighted by atomic mass is 10.1. The number of halogens is 1. The Kier molecular flexibility index (Phi) is 4.28. The van der Waals surface area contributed by atoms with E-state index in [1.165, 1.54) is 0 Å². The molecule has 0 saturated carbocycles. The minimum atomic E-state index is 0.0367. The Labute approximate surface area is 151 Å². The SMILES string of the molecule is O=C(c1cnn(-c2ccccc2Cl)c1-c1ccccc1)N1CCCC1. The van der Waals surface area contributed by atoms with E-state index >= 15 is 0 Å². The summed E-state index contributed by atoms with van der Waals surface area (Å²) >= 11 is 6.38. The maximum atomic E-state index is 13.0. The molecule has 126 valence electrons. The minimum absolute atomic E-state index is 0.0367. The molecule has 0 bridgehead atoms. The summed E-state index contributed by atoms with van der Waals surface area (Å²) in [7, 11) is 0. The minimum Gasteiger partial charge on any atom is -0.339 e. The van der Waals surface area contributed by atoms with Gasteiger partial charge in [-0.2, -0.15) is 5.10 Å². The first-order chi connectivity index (χ1) is 12.3. The van der Waals surface area contributed by atoms with Crippen molar-refractivity contribution in [2.45, 2.75) is 12.8 Å². The lowest BCUT2D eigenvalue weighted by Gasteiger charge is -2.16. The fraction of sp³-hybridized carbons (Fsp3) is 0.200. The van der Waals surface area contributed by atoms with Gasteiger partial charge >= 0.3 is 0 Å². The van der Waals surface area contributed by atoms with Gasteiger partial charge < -0.3 is 4.90 Å². The van der Waals surface area contributed by atoms with Gasteiger partial charge in [0, 0.05) is 18.7 Å². The highest BCUT2D eigenvalue weighted by molar-refractivity contribution is 6.32. The van der Waals surface area contributed by atoms with Crippen LogP contribution in [0.1, 0.15) is 23.2 Å². The van der Waals surface area contributed by atoms with Crippen molar-refractivity contribution in [3.8, 4) is 16.9 Å². The van der Waals surface area contributed by atoms with Crippen LogP contribution in [0.4, 0.5) is 0 Å². The molecule has 0 radical (unpaired) electrons. The van der Waals surface area contributed by atoms with E-state index in [9.17, 15) is 4.79 Å². The van der Waals surface area contributed by atoms with Gasteiger partial charge in [0.25, 0.3) is 5.91 Å². The van der Waals surface area contributed by atoms with Crippen molar-refractivity contribution < 1.29 is 4.79 Å². The average molecular weight is 352 g/mol. The third kappa shape index (κ3) is 2.94. The first kappa shape index (κ1) is 15.9. The van der Waals surface area contributed by atoms with Gasteiger partial charge in [0.2, 0.25) is 0 Å². The van der Waals surface area contributed by atoms with Gasteiger partial charge in [-0.3, -0.25) is 4.79 Å². The van der Waals surface area contributed by atoms with E-state index in [1.54, 1.807) is 10.9 Å². The molecule has 1 aliphatic heterocycles. The number of hydrogen-bond acceptors (Lipinski definition) is 2. The van der Waals surface area contributed by atoms with Crippen LogP contribution in [0, 0.1) is 0 Å². The summed E-state index contributed by atoms with van der Waals surface area (Å²) in [5.41, 5.74) is 3.12. The van der Waals surface area contributed by atoms with E-state index in [0.717, 1.165) is 42.9 Å². The molecule has 1 aromatic heterocycles. The van der Waals surface area contributed by atoms with Gasteiger partial charge in [0.15, 0.2) is 0 Å². The normalized spacial score (nSPS) is 14.0. The van der Waals surface area contributed by atoms with Crippen LogP contribution in [0.3, 0.4) is 0 Å². The van der Waals surface area contributed by atoms with Crippen molar-refractivity contribution in [1.82, 2.24) is 14.7 Å². The molecule has 1 amide bonds. The highest BCUT2D eigenvalue weighted by atomic mass is 35.5. The molecule has 0 spiro atoms. The number of rotatable bonds is 3. The fourth-order valence-electron chi connectivity index (χ4n) is 3.28. The summed E-state index contributed by atoms with van der Waals surface area (Å²) < 4.78 is 1.76. The molecule has 0 atom stereocenters. The number of carbonyl (C=O) groups excluding carboxylic acids is 1. The number of amides is 1. The number of nitrogens with zero attached hydrogens (tertiary/aromatic N) is 3. The van der Waals surface area contributed by atoms with E-state index in [1.807, 2.05) is 59.5 Å². The average Bonchev–Trinajstić information content (AvgIpc) is 3.32. The van der Waals surface area contributed by atoms with Crippen LogP contribution in [-0.4, -0.2) is 33.7 Å². The zero-order chi connectivity index (χ0) is 17.2. The van der Waals surface area contributed by atoms with Crippen molar-refractivity contribution in [3.63, 3.8) is 0 Å². The van der Waals surface area contributed by atoms with Crippen LogP contribution in [0.15, 0.2) is 60.8 Å². The van der Waals surface area contributed by atoms with Crippen LogP contribution in [0.25, 0.3) is 16.9 Å². The Morgan fingerprint density at radius 2 is 1.64 bits per heavy atom. The predicted octanol–water partition coefficient (Wildman–Crippen LogP) is 4.43. The number of carbonyl (C=O) groups is 1. The first-order valence-corrected chi connectivity index (χ1v) is 8.81. The monoisotopic (exact) mass is 351 g/mol. The van der Waals surface area contributed by atoms with Crippen molar-refractivity contribution >= 4 is 17.5 Å². The van der Waals surface area contributed by atoms with Gasteiger partial charge in [-0.05, 0) is 25.0 Å². The van der Waals surface area contributed by atoms with Gasteiger partial charge in [0.05, 0.1) is 28.2 Å². The molecule has 1 fully saturated rings. The summed E-state index contributed by atoms with van der Waals surface area (Å²) in [5.74, 6) is 0.0367. The largest absolute Gasteiger partial charge is 0.339 e. The van der Waals surface area contributed by atoms with E-state index in [-0.39, 0.29) is 5.91 Å². The number of hydrogen-bond donors (Lipinski definition) is 0. The molecule has 0 N–H and O–H groups in total. The third-order valence-corrected chi connectivity index (χ3v) is 4.84. The lowest BCUT2D eigenvalue weighted by Crippen LogP contribution is -2.27. The Morgan fingerprint density at radius 3 is 2.36 bits per heavy atom. The van der Waals surface area contributed by atoms with Gasteiger partial charge in [0.1, 0.15) is 0 Å². The van der Waals surface area contributed by atoms with Crippen molar-refractivity contribution in [2.24, 2.45) is 0 Å². The van der Waals surface area contributed by atoms with Gasteiger partial charge in [-0.15, -0.1) is 0 Å². The third-order valence-electron chi connectivity index (χ3n) is 4.52. The molecule has 5 heteroatoms. The van der Waals surface area contributed by atoms with Crippen molar-refractivity contribution in [2.75, 3.05) is 13.1 Å². The summed E-state index contributed by atoms with van der Waals surface area (Å²) in [6.45, 7) is 1.62. The summed E-state index contributed by atoms with van der Waals surface area (Å²) in [4.78, 5) is 14.9. The van der Waals surface area contributed by atoms with E-state index < -0.39 is 0 Å². The zero-order valence-electron chi connectivity index (χ0n) is 13.7. The maximum Gasteiger partial charge on any atom is 0.257 e. The second-order valence-corrected chi connectivity index (χ2v) is 6.54. The Morgan fingerprint density at radius 1 is 0.960 bits per heavy atom. The Balaban J connectivity index is 1.88. The number of aromatic nitrogens is 2. The van der Waals surface area contributed by atoms with E-state index in [2.05, 4.69) is 5.10 Å². The molecule has 0 aliphatic carbocycles.